The van der Waals surface area contributed by atoms with Crippen LogP contribution in [-0.2, 0) is 0 Å². The summed E-state index contributed by atoms with van der Waals surface area (Å²) in [6.07, 6.45) is 3.91. The van der Waals surface area contributed by atoms with Gasteiger partial charge in [-0.2, -0.15) is 0 Å². The second-order valence-electron chi connectivity index (χ2n) is 3.97. The zero-order valence-electron chi connectivity index (χ0n) is 8.21. The van der Waals surface area contributed by atoms with Crippen LogP contribution in [0.4, 0.5) is 0 Å². The summed E-state index contributed by atoms with van der Waals surface area (Å²) in [5, 5.41) is 1.14. The fourth-order valence-electron chi connectivity index (χ4n) is 1.71. The first-order valence-corrected chi connectivity index (χ1v) is 5.68. The summed E-state index contributed by atoms with van der Waals surface area (Å²) in [7, 11) is 0. The quantitative estimate of drug-likeness (QED) is 0.807. The molecule has 72 valence electrons. The van der Waals surface area contributed by atoms with Gasteiger partial charge in [0.15, 0.2) is 0 Å². The van der Waals surface area contributed by atoms with Crippen molar-refractivity contribution in [2.75, 3.05) is 0 Å². The van der Waals surface area contributed by atoms with E-state index in [0.29, 0.717) is 0 Å². The van der Waals surface area contributed by atoms with Gasteiger partial charge in [-0.3, -0.25) is 0 Å². The van der Waals surface area contributed by atoms with Gasteiger partial charge in [-0.25, -0.2) is 4.98 Å². The van der Waals surface area contributed by atoms with Crippen LogP contribution in [0.5, 0.6) is 0 Å². The van der Waals surface area contributed by atoms with E-state index in [2.05, 4.69) is 11.9 Å². The van der Waals surface area contributed by atoms with E-state index >= 15 is 0 Å². The highest BCUT2D eigenvalue weighted by molar-refractivity contribution is 7.11. The Kier molecular flexibility index (Phi) is 2.39. The van der Waals surface area contributed by atoms with Crippen molar-refractivity contribution < 1.29 is 0 Å². The molecule has 0 amide bonds. The first-order chi connectivity index (χ1) is 6.16. The van der Waals surface area contributed by atoms with Gasteiger partial charge in [0.2, 0.25) is 0 Å². The minimum absolute atomic E-state index is 0.235. The number of aryl methyl sites for hydroxylation is 2. The van der Waals surface area contributed by atoms with Crippen molar-refractivity contribution in [1.29, 1.82) is 0 Å². The Bertz CT molecular complexity index is 302. The fraction of sp³-hybridized carbons (Fsp3) is 0.700. The van der Waals surface area contributed by atoms with Crippen LogP contribution >= 0.6 is 11.3 Å². The molecule has 2 rings (SSSR count). The smallest absolute Gasteiger partial charge is 0.0900 e. The van der Waals surface area contributed by atoms with Gasteiger partial charge in [-0.1, -0.05) is 12.8 Å². The molecule has 1 aromatic rings. The van der Waals surface area contributed by atoms with Crippen LogP contribution < -0.4 is 5.73 Å². The van der Waals surface area contributed by atoms with Crippen molar-refractivity contribution in [3.8, 4) is 0 Å². The van der Waals surface area contributed by atoms with Crippen LogP contribution in [0.15, 0.2) is 0 Å². The summed E-state index contributed by atoms with van der Waals surface area (Å²) in [6.45, 7) is 4.11. The van der Waals surface area contributed by atoms with E-state index in [-0.39, 0.29) is 6.04 Å². The number of hydrogen-bond donors (Lipinski definition) is 1. The third kappa shape index (κ3) is 2.09. The molecule has 1 aromatic heterocycles. The van der Waals surface area contributed by atoms with Crippen LogP contribution in [0.1, 0.15) is 40.9 Å². The van der Waals surface area contributed by atoms with E-state index in [9.17, 15) is 0 Å². The molecule has 1 aliphatic rings. The Morgan fingerprint density at radius 2 is 2.23 bits per heavy atom. The minimum atomic E-state index is 0.235. The number of aromatic nitrogens is 1. The SMILES string of the molecule is Cc1nc(C)c(C(N)CC2CC2)s1. The molecule has 0 saturated heterocycles. The number of rotatable bonds is 3. The molecule has 13 heavy (non-hydrogen) atoms. The molecule has 0 radical (unpaired) electrons. The van der Waals surface area contributed by atoms with Crippen LogP contribution in [0.3, 0.4) is 0 Å². The highest BCUT2D eigenvalue weighted by Gasteiger charge is 2.26. The van der Waals surface area contributed by atoms with E-state index in [4.69, 9.17) is 5.73 Å². The molecule has 1 heterocycles. The van der Waals surface area contributed by atoms with Crippen molar-refractivity contribution in [3.63, 3.8) is 0 Å². The van der Waals surface area contributed by atoms with Crippen LogP contribution in [-0.4, -0.2) is 4.98 Å². The largest absolute Gasteiger partial charge is 0.323 e. The maximum Gasteiger partial charge on any atom is 0.0900 e. The second-order valence-corrected chi connectivity index (χ2v) is 5.20. The molecular formula is C10H16N2S. The molecule has 0 bridgehead atoms. The van der Waals surface area contributed by atoms with Crippen LogP contribution in [0.2, 0.25) is 0 Å². The molecule has 1 unspecified atom stereocenters. The lowest BCUT2D eigenvalue weighted by molar-refractivity contribution is 0.601. The molecule has 1 atom stereocenters. The molecule has 1 saturated carbocycles. The number of hydrogen-bond acceptors (Lipinski definition) is 3. The van der Waals surface area contributed by atoms with Crippen molar-refractivity contribution >= 4 is 11.3 Å². The molecule has 0 spiro atoms. The Morgan fingerprint density at radius 1 is 1.54 bits per heavy atom. The molecule has 1 aliphatic carbocycles. The predicted molar refractivity (Wildman–Crippen MR) is 55.9 cm³/mol. The van der Waals surface area contributed by atoms with E-state index < -0.39 is 0 Å². The Hall–Kier alpha value is -0.410. The highest BCUT2D eigenvalue weighted by atomic mass is 32.1. The molecule has 2 nitrogen and oxygen atoms in total. The monoisotopic (exact) mass is 196 g/mol. The van der Waals surface area contributed by atoms with Crippen LogP contribution in [0.25, 0.3) is 0 Å². The Morgan fingerprint density at radius 3 is 2.69 bits per heavy atom. The number of nitrogens with two attached hydrogens (primary N) is 1. The summed E-state index contributed by atoms with van der Waals surface area (Å²) in [5.41, 5.74) is 7.26. The van der Waals surface area contributed by atoms with Crippen molar-refractivity contribution in [2.45, 2.75) is 39.2 Å². The van der Waals surface area contributed by atoms with Crippen molar-refractivity contribution in [2.24, 2.45) is 11.7 Å². The summed E-state index contributed by atoms with van der Waals surface area (Å²) in [6, 6.07) is 0.235. The zero-order valence-corrected chi connectivity index (χ0v) is 9.03. The highest BCUT2D eigenvalue weighted by Crippen LogP contribution is 2.38. The summed E-state index contributed by atoms with van der Waals surface area (Å²) < 4.78 is 0. The summed E-state index contributed by atoms with van der Waals surface area (Å²) in [4.78, 5) is 5.69. The van der Waals surface area contributed by atoms with Gasteiger partial charge >= 0.3 is 0 Å². The molecular weight excluding hydrogens is 180 g/mol. The van der Waals surface area contributed by atoms with Gasteiger partial charge in [0, 0.05) is 10.9 Å². The Balaban J connectivity index is 2.08. The van der Waals surface area contributed by atoms with Gasteiger partial charge in [0.05, 0.1) is 10.7 Å². The molecule has 1 fully saturated rings. The maximum atomic E-state index is 6.12. The molecule has 3 heteroatoms. The van der Waals surface area contributed by atoms with Gasteiger partial charge in [-0.15, -0.1) is 11.3 Å². The third-order valence-corrected chi connectivity index (χ3v) is 3.77. The topological polar surface area (TPSA) is 38.9 Å². The average molecular weight is 196 g/mol. The van der Waals surface area contributed by atoms with E-state index in [1.165, 1.54) is 17.7 Å². The van der Waals surface area contributed by atoms with Gasteiger partial charge in [0.1, 0.15) is 0 Å². The normalized spacial score (nSPS) is 19.0. The van der Waals surface area contributed by atoms with Gasteiger partial charge in [0.25, 0.3) is 0 Å². The molecule has 2 N–H and O–H groups in total. The first kappa shape index (κ1) is 9.16. The lowest BCUT2D eigenvalue weighted by Gasteiger charge is -2.08. The lowest BCUT2D eigenvalue weighted by atomic mass is 10.1. The minimum Gasteiger partial charge on any atom is -0.323 e. The summed E-state index contributed by atoms with van der Waals surface area (Å²) in [5.74, 6) is 0.900. The Labute approximate surface area is 83.2 Å². The second kappa shape index (κ2) is 3.39. The number of thiazole rings is 1. The first-order valence-electron chi connectivity index (χ1n) is 4.86. The van der Waals surface area contributed by atoms with Gasteiger partial charge in [-0.05, 0) is 26.2 Å². The lowest BCUT2D eigenvalue weighted by Crippen LogP contribution is -2.10. The summed E-state index contributed by atoms with van der Waals surface area (Å²) >= 11 is 1.76. The van der Waals surface area contributed by atoms with Gasteiger partial charge < -0.3 is 5.73 Å². The fourth-order valence-corrected chi connectivity index (χ4v) is 2.65. The van der Waals surface area contributed by atoms with E-state index in [0.717, 1.165) is 23.0 Å². The standard InChI is InChI=1S/C10H16N2S/c1-6-10(13-7(2)12-6)9(11)5-8-3-4-8/h8-9H,3-5,11H2,1-2H3. The van der Waals surface area contributed by atoms with Crippen molar-refractivity contribution in [3.05, 3.63) is 15.6 Å². The van der Waals surface area contributed by atoms with E-state index in [1.807, 2.05) is 6.92 Å². The third-order valence-electron chi connectivity index (χ3n) is 2.56. The molecule has 0 aliphatic heterocycles. The predicted octanol–water partition coefficient (Wildman–Crippen LogP) is 2.56. The average Bonchev–Trinajstić information content (AvgIpc) is 2.77. The molecule has 0 aromatic carbocycles. The van der Waals surface area contributed by atoms with Crippen LogP contribution in [0, 0.1) is 19.8 Å². The van der Waals surface area contributed by atoms with E-state index in [1.54, 1.807) is 11.3 Å². The van der Waals surface area contributed by atoms with Crippen molar-refractivity contribution in [1.82, 2.24) is 4.98 Å². The number of nitrogens with zero attached hydrogens (tertiary/aromatic N) is 1. The zero-order chi connectivity index (χ0) is 9.42. The maximum absolute atomic E-state index is 6.12.